The number of esters is 1. The first-order chi connectivity index (χ1) is 8.51. The fraction of sp³-hybridized carbons (Fsp3) is 0.385. The topological polar surface area (TPSA) is 53.3 Å². The van der Waals surface area contributed by atoms with Crippen molar-refractivity contribution in [2.45, 2.75) is 19.9 Å². The standard InChI is InChI=1S/C13H15FN2O2/c1-9(2)16(8-13(17)18-3)12-6-4-5-11(14)10(12)7-15/h4-6,9H,8H2,1-3H3. The van der Waals surface area contributed by atoms with Crippen LogP contribution >= 0.6 is 0 Å². The zero-order valence-electron chi connectivity index (χ0n) is 10.6. The number of rotatable bonds is 4. The van der Waals surface area contributed by atoms with Crippen LogP contribution in [0.4, 0.5) is 10.1 Å². The summed E-state index contributed by atoms with van der Waals surface area (Å²) in [5.41, 5.74) is 0.341. The predicted octanol–water partition coefficient (Wildman–Crippen LogP) is 2.09. The minimum absolute atomic E-state index is 0.0215. The third kappa shape index (κ3) is 2.98. The normalized spacial score (nSPS) is 10.0. The number of ether oxygens (including phenoxy) is 1. The number of halogens is 1. The Bertz CT molecular complexity index is 480. The molecule has 0 N–H and O–H groups in total. The highest BCUT2D eigenvalue weighted by Crippen LogP contribution is 2.24. The van der Waals surface area contributed by atoms with E-state index >= 15 is 0 Å². The van der Waals surface area contributed by atoms with Gasteiger partial charge in [0.1, 0.15) is 24.0 Å². The molecule has 1 aromatic rings. The highest BCUT2D eigenvalue weighted by molar-refractivity contribution is 5.77. The number of hydrogen-bond acceptors (Lipinski definition) is 4. The second-order valence-corrected chi connectivity index (χ2v) is 4.04. The molecule has 0 aliphatic rings. The van der Waals surface area contributed by atoms with E-state index in [2.05, 4.69) is 4.74 Å². The first-order valence-electron chi connectivity index (χ1n) is 5.53. The smallest absolute Gasteiger partial charge is 0.325 e. The molecule has 0 atom stereocenters. The molecule has 18 heavy (non-hydrogen) atoms. The Morgan fingerprint density at radius 3 is 2.72 bits per heavy atom. The van der Waals surface area contributed by atoms with Gasteiger partial charge in [-0.1, -0.05) is 6.07 Å². The third-order valence-electron chi connectivity index (χ3n) is 2.56. The van der Waals surface area contributed by atoms with Crippen LogP contribution in [0, 0.1) is 17.1 Å². The van der Waals surface area contributed by atoms with E-state index in [0.717, 1.165) is 0 Å². The molecule has 1 rings (SSSR count). The zero-order valence-corrected chi connectivity index (χ0v) is 10.6. The van der Waals surface area contributed by atoms with Gasteiger partial charge in [-0.15, -0.1) is 0 Å². The minimum atomic E-state index is -0.592. The Morgan fingerprint density at radius 1 is 1.56 bits per heavy atom. The van der Waals surface area contributed by atoms with Gasteiger partial charge in [0.25, 0.3) is 0 Å². The molecule has 4 nitrogen and oxygen atoms in total. The van der Waals surface area contributed by atoms with E-state index < -0.39 is 11.8 Å². The Hall–Kier alpha value is -2.09. The van der Waals surface area contributed by atoms with Crippen molar-refractivity contribution in [1.82, 2.24) is 0 Å². The average Bonchev–Trinajstić information content (AvgIpc) is 2.34. The average molecular weight is 250 g/mol. The van der Waals surface area contributed by atoms with Crippen LogP contribution in [0.2, 0.25) is 0 Å². The summed E-state index contributed by atoms with van der Waals surface area (Å²) >= 11 is 0. The molecule has 0 bridgehead atoms. The lowest BCUT2D eigenvalue weighted by atomic mass is 10.1. The van der Waals surface area contributed by atoms with Crippen molar-refractivity contribution in [1.29, 1.82) is 5.26 Å². The fourth-order valence-electron chi connectivity index (χ4n) is 1.61. The maximum Gasteiger partial charge on any atom is 0.325 e. The van der Waals surface area contributed by atoms with Crippen molar-refractivity contribution in [3.63, 3.8) is 0 Å². The molecule has 0 amide bonds. The zero-order chi connectivity index (χ0) is 13.7. The largest absolute Gasteiger partial charge is 0.468 e. The van der Waals surface area contributed by atoms with Crippen molar-refractivity contribution in [3.05, 3.63) is 29.6 Å². The highest BCUT2D eigenvalue weighted by atomic mass is 19.1. The van der Waals surface area contributed by atoms with Crippen LogP contribution < -0.4 is 4.90 Å². The van der Waals surface area contributed by atoms with Crippen LogP contribution in [-0.4, -0.2) is 25.7 Å². The SMILES string of the molecule is COC(=O)CN(c1cccc(F)c1C#N)C(C)C. The van der Waals surface area contributed by atoms with Gasteiger partial charge in [-0.25, -0.2) is 4.39 Å². The van der Waals surface area contributed by atoms with Crippen LogP contribution in [0.5, 0.6) is 0 Å². The maximum atomic E-state index is 13.5. The minimum Gasteiger partial charge on any atom is -0.468 e. The maximum absolute atomic E-state index is 13.5. The number of benzene rings is 1. The summed E-state index contributed by atoms with van der Waals surface area (Å²) in [4.78, 5) is 13.0. The summed E-state index contributed by atoms with van der Waals surface area (Å²) in [5.74, 6) is -1.03. The van der Waals surface area contributed by atoms with E-state index in [1.165, 1.54) is 19.2 Å². The highest BCUT2D eigenvalue weighted by Gasteiger charge is 2.19. The molecule has 0 fully saturated rings. The summed E-state index contributed by atoms with van der Waals surface area (Å²) in [7, 11) is 1.29. The molecule has 1 aromatic carbocycles. The molecule has 0 aliphatic carbocycles. The van der Waals surface area contributed by atoms with Crippen molar-refractivity contribution < 1.29 is 13.9 Å². The van der Waals surface area contributed by atoms with E-state index in [4.69, 9.17) is 5.26 Å². The lowest BCUT2D eigenvalue weighted by Crippen LogP contribution is -2.36. The molecule has 0 aliphatic heterocycles. The van der Waals surface area contributed by atoms with E-state index in [9.17, 15) is 9.18 Å². The molecular weight excluding hydrogens is 235 g/mol. The first kappa shape index (κ1) is 14.0. The van der Waals surface area contributed by atoms with E-state index in [0.29, 0.717) is 5.69 Å². The number of carbonyl (C=O) groups excluding carboxylic acids is 1. The van der Waals surface area contributed by atoms with E-state index in [1.807, 2.05) is 19.9 Å². The third-order valence-corrected chi connectivity index (χ3v) is 2.56. The summed E-state index contributed by atoms with van der Waals surface area (Å²) in [6.07, 6.45) is 0. The molecule has 0 heterocycles. The lowest BCUT2D eigenvalue weighted by Gasteiger charge is -2.28. The quantitative estimate of drug-likeness (QED) is 0.768. The number of nitrogens with zero attached hydrogens (tertiary/aromatic N) is 2. The van der Waals surface area contributed by atoms with Crippen molar-refractivity contribution in [2.24, 2.45) is 0 Å². The number of hydrogen-bond donors (Lipinski definition) is 0. The second-order valence-electron chi connectivity index (χ2n) is 4.04. The monoisotopic (exact) mass is 250 g/mol. The number of anilines is 1. The van der Waals surface area contributed by atoms with E-state index in [1.54, 1.807) is 11.0 Å². The van der Waals surface area contributed by atoms with E-state index in [-0.39, 0.29) is 18.2 Å². The number of methoxy groups -OCH3 is 1. The molecule has 5 heteroatoms. The van der Waals surface area contributed by atoms with Gasteiger partial charge in [0.15, 0.2) is 0 Å². The molecule has 96 valence electrons. The van der Waals surface area contributed by atoms with Crippen molar-refractivity contribution in [2.75, 3.05) is 18.6 Å². The Morgan fingerprint density at radius 2 is 2.22 bits per heavy atom. The summed E-state index contributed by atoms with van der Waals surface area (Å²) in [5, 5.41) is 8.99. The van der Waals surface area contributed by atoms with Gasteiger partial charge in [-0.3, -0.25) is 4.79 Å². The summed E-state index contributed by atoms with van der Waals surface area (Å²) in [6.45, 7) is 3.69. The van der Waals surface area contributed by atoms with Gasteiger partial charge in [-0.05, 0) is 26.0 Å². The summed E-state index contributed by atoms with van der Waals surface area (Å²) < 4.78 is 18.1. The molecule has 0 spiro atoms. The molecular formula is C13H15FN2O2. The van der Waals surface area contributed by atoms with Crippen LogP contribution in [0.1, 0.15) is 19.4 Å². The second kappa shape index (κ2) is 6.01. The Labute approximate surface area is 106 Å². The first-order valence-corrected chi connectivity index (χ1v) is 5.53. The Kier molecular flexibility index (Phi) is 4.67. The van der Waals surface area contributed by atoms with Crippen LogP contribution in [-0.2, 0) is 9.53 Å². The number of carbonyl (C=O) groups is 1. The van der Waals surface area contributed by atoms with Gasteiger partial charge in [0, 0.05) is 6.04 Å². The van der Waals surface area contributed by atoms with Crippen LogP contribution in [0.3, 0.4) is 0 Å². The van der Waals surface area contributed by atoms with Gasteiger partial charge in [-0.2, -0.15) is 5.26 Å². The molecule has 0 saturated heterocycles. The fourth-order valence-corrected chi connectivity index (χ4v) is 1.61. The van der Waals surface area contributed by atoms with Gasteiger partial charge < -0.3 is 9.64 Å². The summed E-state index contributed by atoms with van der Waals surface area (Å²) in [6, 6.07) is 6.11. The molecule has 0 unspecified atom stereocenters. The van der Waals surface area contributed by atoms with Gasteiger partial charge >= 0.3 is 5.97 Å². The van der Waals surface area contributed by atoms with Crippen molar-refractivity contribution in [3.8, 4) is 6.07 Å². The van der Waals surface area contributed by atoms with Crippen LogP contribution in [0.25, 0.3) is 0 Å². The molecule has 0 saturated carbocycles. The van der Waals surface area contributed by atoms with Crippen molar-refractivity contribution >= 4 is 11.7 Å². The molecule has 0 radical (unpaired) electrons. The lowest BCUT2D eigenvalue weighted by molar-refractivity contribution is -0.139. The predicted molar refractivity (Wildman–Crippen MR) is 65.6 cm³/mol. The Balaban J connectivity index is 3.18. The number of nitriles is 1. The van der Waals surface area contributed by atoms with Gasteiger partial charge in [0.2, 0.25) is 0 Å². The van der Waals surface area contributed by atoms with Gasteiger partial charge in [0.05, 0.1) is 12.8 Å². The van der Waals surface area contributed by atoms with Crippen LogP contribution in [0.15, 0.2) is 18.2 Å². The molecule has 0 aromatic heterocycles.